The van der Waals surface area contributed by atoms with Crippen LogP contribution in [-0.4, -0.2) is 22.0 Å². The van der Waals surface area contributed by atoms with Crippen LogP contribution in [0.1, 0.15) is 27.5 Å². The van der Waals surface area contributed by atoms with E-state index in [-0.39, 0.29) is 16.7 Å². The largest absolute Gasteiger partial charge is 0.489 e. The van der Waals surface area contributed by atoms with E-state index in [0.717, 1.165) is 31.8 Å². The third-order valence-corrected chi connectivity index (χ3v) is 9.73. The van der Waals surface area contributed by atoms with Gasteiger partial charge in [0.1, 0.15) is 17.6 Å². The van der Waals surface area contributed by atoms with Crippen molar-refractivity contribution in [2.45, 2.75) is 29.7 Å². The number of H-pyrrole nitrogens is 1. The smallest absolute Gasteiger partial charge is 0.305 e. The number of aryl methyl sites for hydroxylation is 1. The maximum absolute atomic E-state index is 13.8. The monoisotopic (exact) mass is 592 g/mol. The van der Waals surface area contributed by atoms with Crippen molar-refractivity contribution in [2.75, 3.05) is 4.90 Å². The number of nitrogens with one attached hydrogen (secondary N) is 1. The van der Waals surface area contributed by atoms with Crippen LogP contribution in [0.5, 0.6) is 5.75 Å². The van der Waals surface area contributed by atoms with E-state index < -0.39 is 17.1 Å². The summed E-state index contributed by atoms with van der Waals surface area (Å²) >= 11 is 5.79. The molecule has 2 aliphatic rings. The molecule has 0 spiro atoms. The van der Waals surface area contributed by atoms with Gasteiger partial charge >= 0.3 is 4.87 Å². The van der Waals surface area contributed by atoms with Gasteiger partial charge in [-0.1, -0.05) is 75.4 Å². The SMILES string of the molecule is Cc1ccccc1COc1ccc([C@@H]2c3sc(=O)[nH]c3S[C@H]3C(=O)N(c4ccc(Br)cc4)C(=O)[C@@H]23)cc1. The first-order valence-electron chi connectivity index (χ1n) is 11.7. The Kier molecular flexibility index (Phi) is 6.30. The highest BCUT2D eigenvalue weighted by Crippen LogP contribution is 2.53. The van der Waals surface area contributed by atoms with Crippen LogP contribution in [0.3, 0.4) is 0 Å². The van der Waals surface area contributed by atoms with Crippen LogP contribution in [0.4, 0.5) is 5.69 Å². The summed E-state index contributed by atoms with van der Waals surface area (Å²) in [4.78, 5) is 44.3. The van der Waals surface area contributed by atoms with Crippen molar-refractivity contribution >= 4 is 56.5 Å². The minimum atomic E-state index is -0.615. The molecule has 0 radical (unpaired) electrons. The lowest BCUT2D eigenvalue weighted by molar-refractivity contribution is -0.122. The number of hydrogen-bond donors (Lipinski definition) is 1. The molecule has 0 unspecified atom stereocenters. The Morgan fingerprint density at radius 1 is 0.946 bits per heavy atom. The summed E-state index contributed by atoms with van der Waals surface area (Å²) in [5.41, 5.74) is 3.70. The van der Waals surface area contributed by atoms with Crippen LogP contribution in [-0.2, 0) is 16.2 Å². The third kappa shape index (κ3) is 4.35. The standard InChI is InChI=1S/C28H21BrN2O4S2/c1-15-4-2-3-5-17(15)14-35-20-12-6-16(7-13-20)21-22-24(36-25-23(21)37-28(34)30-25)27(33)31(26(22)32)19-10-8-18(29)9-11-19/h2-13,21-22,24H,14H2,1H3,(H,30,34)/t21-,22-,24+/m0/s1. The lowest BCUT2D eigenvalue weighted by Gasteiger charge is -2.29. The molecule has 37 heavy (non-hydrogen) atoms. The zero-order valence-electron chi connectivity index (χ0n) is 19.6. The molecule has 3 aromatic carbocycles. The molecule has 1 aromatic heterocycles. The second-order valence-electron chi connectivity index (χ2n) is 9.02. The van der Waals surface area contributed by atoms with Crippen LogP contribution in [0.15, 0.2) is 87.1 Å². The molecule has 1 saturated heterocycles. The Labute approximate surface area is 229 Å². The number of carbonyl (C=O) groups is 2. The van der Waals surface area contributed by atoms with E-state index in [1.807, 2.05) is 54.6 Å². The first kappa shape index (κ1) is 24.2. The van der Waals surface area contributed by atoms with E-state index >= 15 is 0 Å². The number of anilines is 1. The first-order chi connectivity index (χ1) is 17.9. The average Bonchev–Trinajstić information content (AvgIpc) is 3.39. The van der Waals surface area contributed by atoms with Crippen molar-refractivity contribution in [3.63, 3.8) is 0 Å². The maximum Gasteiger partial charge on any atom is 0.305 e. The number of carbonyl (C=O) groups excluding carboxylic acids is 2. The summed E-state index contributed by atoms with van der Waals surface area (Å²) < 4.78 is 6.87. The first-order valence-corrected chi connectivity index (χ1v) is 14.2. The number of rotatable bonds is 5. The lowest BCUT2D eigenvalue weighted by Crippen LogP contribution is -2.32. The normalized spacial score (nSPS) is 20.6. The zero-order chi connectivity index (χ0) is 25.7. The number of halogens is 1. The Morgan fingerprint density at radius 3 is 2.41 bits per heavy atom. The average molecular weight is 594 g/mol. The van der Waals surface area contributed by atoms with E-state index in [4.69, 9.17) is 4.74 Å². The fraction of sp³-hybridized carbons (Fsp3) is 0.179. The molecule has 2 aliphatic heterocycles. The van der Waals surface area contributed by atoms with Gasteiger partial charge < -0.3 is 9.72 Å². The lowest BCUT2D eigenvalue weighted by atomic mass is 9.83. The summed E-state index contributed by atoms with van der Waals surface area (Å²) in [5.74, 6) is -0.822. The van der Waals surface area contributed by atoms with E-state index in [0.29, 0.717) is 23.1 Å². The van der Waals surface area contributed by atoms with E-state index in [2.05, 4.69) is 33.9 Å². The molecule has 3 heterocycles. The number of nitrogens with zero attached hydrogens (tertiary/aromatic N) is 1. The molecular weight excluding hydrogens is 572 g/mol. The molecule has 6 rings (SSSR count). The van der Waals surface area contributed by atoms with Gasteiger partial charge in [-0.2, -0.15) is 0 Å². The van der Waals surface area contributed by atoms with Crippen LogP contribution < -0.4 is 14.5 Å². The summed E-state index contributed by atoms with van der Waals surface area (Å²) in [7, 11) is 0. The Morgan fingerprint density at radius 2 is 1.68 bits per heavy atom. The highest BCUT2D eigenvalue weighted by molar-refractivity contribution is 9.10. The predicted octanol–water partition coefficient (Wildman–Crippen LogP) is 5.88. The summed E-state index contributed by atoms with van der Waals surface area (Å²) in [6.07, 6.45) is 0. The molecule has 2 amide bonds. The summed E-state index contributed by atoms with van der Waals surface area (Å²) in [6.45, 7) is 2.51. The van der Waals surface area contributed by atoms with Gasteiger partial charge in [0.05, 0.1) is 16.6 Å². The molecule has 1 fully saturated rings. The molecule has 4 aromatic rings. The zero-order valence-corrected chi connectivity index (χ0v) is 22.9. The number of thioether (sulfide) groups is 1. The number of fused-ring (bicyclic) bond motifs is 2. The summed E-state index contributed by atoms with van der Waals surface area (Å²) in [6, 6.07) is 22.8. The molecule has 9 heteroatoms. The Bertz CT molecular complexity index is 1560. The molecule has 3 atom stereocenters. The Balaban J connectivity index is 1.33. The van der Waals surface area contributed by atoms with Gasteiger partial charge in [-0.25, -0.2) is 4.90 Å². The molecular formula is C28H21BrN2O4S2. The van der Waals surface area contributed by atoms with Gasteiger partial charge in [0, 0.05) is 15.3 Å². The van der Waals surface area contributed by atoms with Gasteiger partial charge in [0.15, 0.2) is 0 Å². The van der Waals surface area contributed by atoms with Gasteiger partial charge in [0.25, 0.3) is 0 Å². The summed E-state index contributed by atoms with van der Waals surface area (Å²) in [5, 5.41) is 0.0517. The third-order valence-electron chi connectivity index (χ3n) is 6.80. The molecule has 6 nitrogen and oxygen atoms in total. The highest BCUT2D eigenvalue weighted by Gasteiger charge is 2.56. The van der Waals surface area contributed by atoms with Crippen LogP contribution in [0.2, 0.25) is 0 Å². The number of aromatic nitrogens is 1. The predicted molar refractivity (Wildman–Crippen MR) is 149 cm³/mol. The minimum Gasteiger partial charge on any atom is -0.489 e. The Hall–Kier alpha value is -3.14. The van der Waals surface area contributed by atoms with Crippen LogP contribution >= 0.6 is 39.0 Å². The second-order valence-corrected chi connectivity index (χ2v) is 12.1. The van der Waals surface area contributed by atoms with Crippen LogP contribution in [0.25, 0.3) is 0 Å². The molecule has 186 valence electrons. The van der Waals surface area contributed by atoms with Crippen molar-refractivity contribution < 1.29 is 14.3 Å². The van der Waals surface area contributed by atoms with Crippen molar-refractivity contribution in [2.24, 2.45) is 5.92 Å². The van der Waals surface area contributed by atoms with Gasteiger partial charge in [-0.05, 0) is 60.0 Å². The molecule has 0 bridgehead atoms. The van der Waals surface area contributed by atoms with Crippen molar-refractivity contribution in [1.29, 1.82) is 0 Å². The molecule has 0 saturated carbocycles. The van der Waals surface area contributed by atoms with Crippen LogP contribution in [0, 0.1) is 12.8 Å². The number of amides is 2. The van der Waals surface area contributed by atoms with E-state index in [1.165, 1.54) is 22.2 Å². The quantitative estimate of drug-likeness (QED) is 0.293. The number of imide groups is 1. The van der Waals surface area contributed by atoms with Gasteiger partial charge in [-0.15, -0.1) is 0 Å². The number of hydrogen-bond acceptors (Lipinski definition) is 6. The van der Waals surface area contributed by atoms with Crippen molar-refractivity contribution in [1.82, 2.24) is 4.98 Å². The number of ether oxygens (including phenoxy) is 1. The fourth-order valence-electron chi connectivity index (χ4n) is 4.93. The minimum absolute atomic E-state index is 0.190. The molecule has 1 N–H and O–H groups in total. The molecule has 0 aliphatic carbocycles. The second kappa shape index (κ2) is 9.63. The van der Waals surface area contributed by atoms with Gasteiger partial charge in [-0.3, -0.25) is 14.4 Å². The van der Waals surface area contributed by atoms with Crippen molar-refractivity contribution in [3.05, 3.63) is 109 Å². The topological polar surface area (TPSA) is 79.5 Å². The number of benzene rings is 3. The van der Waals surface area contributed by atoms with Gasteiger partial charge in [0.2, 0.25) is 11.8 Å². The van der Waals surface area contributed by atoms with Crippen molar-refractivity contribution in [3.8, 4) is 5.75 Å². The maximum atomic E-state index is 13.8. The number of aromatic amines is 1. The highest BCUT2D eigenvalue weighted by atomic mass is 79.9. The fourth-order valence-corrected chi connectivity index (χ4v) is 7.70. The number of thiazole rings is 1. The van der Waals surface area contributed by atoms with E-state index in [1.54, 1.807) is 12.1 Å². The van der Waals surface area contributed by atoms with E-state index in [9.17, 15) is 14.4 Å².